The van der Waals surface area contributed by atoms with Gasteiger partial charge in [-0.05, 0) is 37.1 Å². The molecule has 0 saturated carbocycles. The van der Waals surface area contributed by atoms with Crippen molar-refractivity contribution in [2.75, 3.05) is 19.6 Å². The molecule has 0 spiro atoms. The average molecular weight is 285 g/mol. The summed E-state index contributed by atoms with van der Waals surface area (Å²) in [7, 11) is 0. The van der Waals surface area contributed by atoms with Crippen molar-refractivity contribution in [3.05, 3.63) is 42.2 Å². The van der Waals surface area contributed by atoms with Crippen molar-refractivity contribution < 1.29 is 5.11 Å². The molecule has 1 aromatic carbocycles. The second kappa shape index (κ2) is 6.87. The maximum absolute atomic E-state index is 9.43. The van der Waals surface area contributed by atoms with E-state index in [1.54, 1.807) is 0 Å². The molecule has 112 valence electrons. The quantitative estimate of drug-likeness (QED) is 0.918. The number of hydrogen-bond donors (Lipinski definition) is 1. The topological polar surface area (TPSA) is 41.3 Å². The average Bonchev–Trinajstić information content (AvgIpc) is 3.02. The zero-order valence-electron chi connectivity index (χ0n) is 12.4. The van der Waals surface area contributed by atoms with Gasteiger partial charge in [-0.2, -0.15) is 5.10 Å². The van der Waals surface area contributed by atoms with Crippen LogP contribution in [0.1, 0.15) is 24.8 Å². The lowest BCUT2D eigenvalue weighted by atomic mass is 10.0. The van der Waals surface area contributed by atoms with Crippen LogP contribution in [0.5, 0.6) is 0 Å². The monoisotopic (exact) mass is 285 g/mol. The first-order chi connectivity index (χ1) is 10.4. The van der Waals surface area contributed by atoms with E-state index in [2.05, 4.69) is 16.2 Å². The molecule has 1 aromatic heterocycles. The highest BCUT2D eigenvalue weighted by molar-refractivity contribution is 5.65. The maximum atomic E-state index is 9.43. The molecule has 2 aromatic rings. The number of benzene rings is 1. The van der Waals surface area contributed by atoms with Gasteiger partial charge in [-0.15, -0.1) is 0 Å². The molecule has 3 rings (SSSR count). The smallest absolute Gasteiger partial charge is 0.0687 e. The predicted octanol–water partition coefficient (Wildman–Crippen LogP) is 2.53. The molecular weight excluding hydrogens is 262 g/mol. The van der Waals surface area contributed by atoms with Gasteiger partial charge in [0.2, 0.25) is 0 Å². The highest BCUT2D eigenvalue weighted by Gasteiger charge is 2.10. The number of nitrogens with zero attached hydrogens (tertiary/aromatic N) is 3. The van der Waals surface area contributed by atoms with Crippen LogP contribution in [0.25, 0.3) is 11.1 Å². The van der Waals surface area contributed by atoms with Gasteiger partial charge < -0.3 is 10.0 Å². The van der Waals surface area contributed by atoms with Crippen LogP contribution in [0.3, 0.4) is 0 Å². The third-order valence-corrected chi connectivity index (χ3v) is 4.23. The van der Waals surface area contributed by atoms with Gasteiger partial charge >= 0.3 is 0 Å². The molecule has 1 fully saturated rings. The summed E-state index contributed by atoms with van der Waals surface area (Å²) in [5.74, 6) is 0. The van der Waals surface area contributed by atoms with E-state index < -0.39 is 0 Å². The SMILES string of the molecule is OCc1ccccc1-c1cnn(CCN2CCCCC2)c1. The molecule has 1 N–H and O–H groups in total. The van der Waals surface area contributed by atoms with Crippen LogP contribution in [0.4, 0.5) is 0 Å². The Morgan fingerprint density at radius 3 is 2.67 bits per heavy atom. The first kappa shape index (κ1) is 14.3. The minimum Gasteiger partial charge on any atom is -0.392 e. The van der Waals surface area contributed by atoms with Crippen molar-refractivity contribution in [1.29, 1.82) is 0 Å². The van der Waals surface area contributed by atoms with E-state index in [1.165, 1.54) is 32.4 Å². The lowest BCUT2D eigenvalue weighted by Gasteiger charge is -2.26. The first-order valence-electron chi connectivity index (χ1n) is 7.81. The van der Waals surface area contributed by atoms with Crippen LogP contribution in [-0.4, -0.2) is 39.4 Å². The van der Waals surface area contributed by atoms with E-state index in [4.69, 9.17) is 0 Å². The Labute approximate surface area is 126 Å². The van der Waals surface area contributed by atoms with Crippen molar-refractivity contribution in [2.24, 2.45) is 0 Å². The first-order valence-corrected chi connectivity index (χ1v) is 7.81. The number of likely N-dealkylation sites (tertiary alicyclic amines) is 1. The van der Waals surface area contributed by atoms with Crippen molar-refractivity contribution in [1.82, 2.24) is 14.7 Å². The van der Waals surface area contributed by atoms with Gasteiger partial charge in [0.1, 0.15) is 0 Å². The molecule has 2 heterocycles. The summed E-state index contributed by atoms with van der Waals surface area (Å²) >= 11 is 0. The second-order valence-electron chi connectivity index (χ2n) is 5.71. The van der Waals surface area contributed by atoms with Crippen molar-refractivity contribution in [3.63, 3.8) is 0 Å². The summed E-state index contributed by atoms with van der Waals surface area (Å²) < 4.78 is 2.01. The summed E-state index contributed by atoms with van der Waals surface area (Å²) in [5, 5.41) is 13.9. The highest BCUT2D eigenvalue weighted by Crippen LogP contribution is 2.23. The Hall–Kier alpha value is -1.65. The fourth-order valence-electron chi connectivity index (χ4n) is 2.99. The molecule has 1 saturated heterocycles. The Balaban J connectivity index is 1.65. The normalized spacial score (nSPS) is 16.2. The van der Waals surface area contributed by atoms with E-state index >= 15 is 0 Å². The molecule has 21 heavy (non-hydrogen) atoms. The van der Waals surface area contributed by atoms with Crippen LogP contribution in [0, 0.1) is 0 Å². The van der Waals surface area contributed by atoms with Gasteiger partial charge in [0.25, 0.3) is 0 Å². The largest absolute Gasteiger partial charge is 0.392 e. The lowest BCUT2D eigenvalue weighted by Crippen LogP contribution is -2.32. The number of hydrogen-bond acceptors (Lipinski definition) is 3. The van der Waals surface area contributed by atoms with Gasteiger partial charge in [0.15, 0.2) is 0 Å². The maximum Gasteiger partial charge on any atom is 0.0687 e. The van der Waals surface area contributed by atoms with E-state index in [1.807, 2.05) is 35.1 Å². The van der Waals surface area contributed by atoms with Gasteiger partial charge in [0.05, 0.1) is 19.3 Å². The molecule has 0 radical (unpaired) electrons. The number of rotatable bonds is 5. The van der Waals surface area contributed by atoms with Gasteiger partial charge in [-0.1, -0.05) is 30.7 Å². The second-order valence-corrected chi connectivity index (χ2v) is 5.71. The van der Waals surface area contributed by atoms with Crippen molar-refractivity contribution in [2.45, 2.75) is 32.4 Å². The van der Waals surface area contributed by atoms with Gasteiger partial charge in [-0.3, -0.25) is 4.68 Å². The minimum atomic E-state index is 0.0646. The van der Waals surface area contributed by atoms with E-state index in [-0.39, 0.29) is 6.61 Å². The zero-order valence-corrected chi connectivity index (χ0v) is 12.4. The molecule has 0 bridgehead atoms. The fraction of sp³-hybridized carbons (Fsp3) is 0.471. The highest BCUT2D eigenvalue weighted by atomic mass is 16.3. The molecular formula is C17H23N3O. The standard InChI is InChI=1S/C17H23N3O/c21-14-15-6-2-3-7-17(15)16-12-18-20(13-16)11-10-19-8-4-1-5-9-19/h2-3,6-7,12-13,21H,1,4-5,8-11,14H2. The molecule has 1 aliphatic heterocycles. The van der Waals surface area contributed by atoms with Crippen molar-refractivity contribution >= 4 is 0 Å². The molecule has 1 aliphatic rings. The number of aliphatic hydroxyl groups excluding tert-OH is 1. The zero-order chi connectivity index (χ0) is 14.5. The summed E-state index contributed by atoms with van der Waals surface area (Å²) in [6.07, 6.45) is 8.01. The van der Waals surface area contributed by atoms with Crippen molar-refractivity contribution in [3.8, 4) is 11.1 Å². The fourth-order valence-corrected chi connectivity index (χ4v) is 2.99. The summed E-state index contributed by atoms with van der Waals surface area (Å²) in [5.41, 5.74) is 3.11. The van der Waals surface area contributed by atoms with E-state index in [9.17, 15) is 5.11 Å². The molecule has 0 atom stereocenters. The third kappa shape index (κ3) is 3.52. The molecule has 0 unspecified atom stereocenters. The van der Waals surface area contributed by atoms with Crippen LogP contribution in [-0.2, 0) is 13.2 Å². The van der Waals surface area contributed by atoms with Gasteiger partial charge in [0, 0.05) is 18.3 Å². The molecule has 0 amide bonds. The third-order valence-electron chi connectivity index (χ3n) is 4.23. The Morgan fingerprint density at radius 2 is 1.86 bits per heavy atom. The predicted molar refractivity (Wildman–Crippen MR) is 83.9 cm³/mol. The molecule has 0 aliphatic carbocycles. The Bertz CT molecular complexity index is 573. The summed E-state index contributed by atoms with van der Waals surface area (Å²) in [6, 6.07) is 7.95. The van der Waals surface area contributed by atoms with Gasteiger partial charge in [-0.25, -0.2) is 0 Å². The van der Waals surface area contributed by atoms with E-state index in [0.717, 1.165) is 29.8 Å². The number of piperidine rings is 1. The van der Waals surface area contributed by atoms with Crippen LogP contribution < -0.4 is 0 Å². The molecule has 4 heteroatoms. The van der Waals surface area contributed by atoms with Crippen LogP contribution >= 0.6 is 0 Å². The summed E-state index contributed by atoms with van der Waals surface area (Å²) in [4.78, 5) is 2.52. The number of aliphatic hydroxyl groups is 1. The van der Waals surface area contributed by atoms with Crippen LogP contribution in [0.15, 0.2) is 36.7 Å². The molecule has 4 nitrogen and oxygen atoms in total. The van der Waals surface area contributed by atoms with Crippen LogP contribution in [0.2, 0.25) is 0 Å². The Kier molecular flexibility index (Phi) is 4.68. The minimum absolute atomic E-state index is 0.0646. The Morgan fingerprint density at radius 1 is 1.05 bits per heavy atom. The van der Waals surface area contributed by atoms with E-state index in [0.29, 0.717) is 0 Å². The summed E-state index contributed by atoms with van der Waals surface area (Å²) in [6.45, 7) is 4.52. The lowest BCUT2D eigenvalue weighted by molar-refractivity contribution is 0.218. The number of aromatic nitrogens is 2.